The normalized spacial score (nSPS) is 52.2. The van der Waals surface area contributed by atoms with Crippen LogP contribution in [0.5, 0.6) is 0 Å². The molecular formula is C20H26O6. The number of rotatable bonds is 3. The van der Waals surface area contributed by atoms with E-state index in [1.807, 2.05) is 0 Å². The highest BCUT2D eigenvalue weighted by molar-refractivity contribution is 5.80. The van der Waals surface area contributed by atoms with Crippen LogP contribution in [0.3, 0.4) is 0 Å². The molecule has 0 saturated heterocycles. The van der Waals surface area contributed by atoms with Gasteiger partial charge in [0.1, 0.15) is 6.29 Å². The molecule has 1 spiro atoms. The molecule has 0 radical (unpaired) electrons. The number of carbonyl (C=O) groups excluding carboxylic acids is 1. The lowest BCUT2D eigenvalue weighted by molar-refractivity contribution is -0.165. The van der Waals surface area contributed by atoms with Gasteiger partial charge in [0, 0.05) is 5.92 Å². The summed E-state index contributed by atoms with van der Waals surface area (Å²) in [6.45, 7) is 5.66. The number of fused-ring (bicyclic) bond motifs is 3. The molecule has 0 aromatic carbocycles. The van der Waals surface area contributed by atoms with Crippen molar-refractivity contribution in [2.45, 2.75) is 51.0 Å². The number of aliphatic hydroxyl groups is 1. The molecular weight excluding hydrogens is 336 g/mol. The molecule has 0 heterocycles. The molecule has 0 aromatic rings. The summed E-state index contributed by atoms with van der Waals surface area (Å²) >= 11 is 0. The van der Waals surface area contributed by atoms with Gasteiger partial charge in [-0.3, -0.25) is 9.59 Å². The lowest BCUT2D eigenvalue weighted by atomic mass is 9.57. The summed E-state index contributed by atoms with van der Waals surface area (Å²) in [6, 6.07) is 0. The number of aldehydes is 1. The van der Waals surface area contributed by atoms with Gasteiger partial charge in [-0.25, -0.2) is 0 Å². The molecule has 4 rings (SSSR count). The highest BCUT2D eigenvalue weighted by Gasteiger charge is 2.74. The van der Waals surface area contributed by atoms with Crippen LogP contribution >= 0.6 is 0 Å². The first-order valence-corrected chi connectivity index (χ1v) is 9.43. The van der Waals surface area contributed by atoms with Crippen molar-refractivity contribution in [3.8, 4) is 0 Å². The standard InChI is InChI=1S/C20H26O6/c1-10-7-19-9-20(10,26)6-4-12(19)13-11(8-21)3-5-18(2,17(24)25)14(13)15(19)16(22)23/h8,11-15,26H,1,3-7,9H2,2H3,(H,22,23)(H,24,25). The minimum absolute atomic E-state index is 0.0534. The number of carbonyl (C=O) groups is 3. The Kier molecular flexibility index (Phi) is 3.53. The van der Waals surface area contributed by atoms with Gasteiger partial charge >= 0.3 is 11.9 Å². The van der Waals surface area contributed by atoms with Crippen LogP contribution in [0, 0.1) is 40.4 Å². The van der Waals surface area contributed by atoms with Crippen molar-refractivity contribution in [1.82, 2.24) is 0 Å². The van der Waals surface area contributed by atoms with Gasteiger partial charge in [0.15, 0.2) is 0 Å². The Hall–Kier alpha value is -1.69. The van der Waals surface area contributed by atoms with Gasteiger partial charge in [-0.15, -0.1) is 0 Å². The predicted octanol–water partition coefficient (Wildman–Crippen LogP) is 2.11. The third kappa shape index (κ3) is 1.89. The highest BCUT2D eigenvalue weighted by Crippen LogP contribution is 2.74. The molecule has 6 heteroatoms. The third-order valence-electron chi connectivity index (χ3n) is 8.44. The number of hydrogen-bond acceptors (Lipinski definition) is 4. The van der Waals surface area contributed by atoms with Gasteiger partial charge in [0.2, 0.25) is 0 Å². The maximum Gasteiger partial charge on any atom is 0.309 e. The fourth-order valence-electron chi connectivity index (χ4n) is 7.35. The van der Waals surface area contributed by atoms with E-state index in [0.717, 1.165) is 6.29 Å². The SMILES string of the molecule is C=C1CC23CC1(O)CCC2C1C(C=O)CCC(C)(C(=O)O)C1C3C(=O)O. The van der Waals surface area contributed by atoms with E-state index in [-0.39, 0.29) is 17.8 Å². The average Bonchev–Trinajstić information content (AvgIpc) is 2.96. The molecule has 0 aromatic heterocycles. The van der Waals surface area contributed by atoms with Gasteiger partial charge in [-0.1, -0.05) is 6.58 Å². The van der Waals surface area contributed by atoms with E-state index >= 15 is 0 Å². The Morgan fingerprint density at radius 3 is 2.50 bits per heavy atom. The van der Waals surface area contributed by atoms with Gasteiger partial charge in [-0.05, 0) is 74.2 Å². The van der Waals surface area contributed by atoms with Crippen LogP contribution in [-0.2, 0) is 14.4 Å². The number of hydrogen-bond donors (Lipinski definition) is 3. The largest absolute Gasteiger partial charge is 0.481 e. The molecule has 2 bridgehead atoms. The molecule has 4 aliphatic rings. The second kappa shape index (κ2) is 5.18. The lowest BCUT2D eigenvalue weighted by Crippen LogP contribution is -2.49. The Morgan fingerprint density at radius 1 is 1.23 bits per heavy atom. The second-order valence-corrected chi connectivity index (χ2v) is 9.35. The fourth-order valence-corrected chi connectivity index (χ4v) is 7.35. The monoisotopic (exact) mass is 362 g/mol. The number of aliphatic carboxylic acids is 2. The van der Waals surface area contributed by atoms with Crippen LogP contribution in [0.4, 0.5) is 0 Å². The molecule has 4 aliphatic carbocycles. The van der Waals surface area contributed by atoms with Gasteiger partial charge in [-0.2, -0.15) is 0 Å². The van der Waals surface area contributed by atoms with Crippen molar-refractivity contribution in [3.05, 3.63) is 12.2 Å². The van der Waals surface area contributed by atoms with Gasteiger partial charge in [0.05, 0.1) is 16.9 Å². The van der Waals surface area contributed by atoms with Crippen molar-refractivity contribution >= 4 is 18.2 Å². The summed E-state index contributed by atoms with van der Waals surface area (Å²) in [5.41, 5.74) is -2.23. The first-order valence-electron chi connectivity index (χ1n) is 9.43. The summed E-state index contributed by atoms with van der Waals surface area (Å²) in [4.78, 5) is 36.4. The first-order chi connectivity index (χ1) is 12.1. The van der Waals surface area contributed by atoms with Crippen molar-refractivity contribution in [2.75, 3.05) is 0 Å². The maximum atomic E-state index is 12.4. The third-order valence-corrected chi connectivity index (χ3v) is 8.44. The van der Waals surface area contributed by atoms with E-state index in [2.05, 4.69) is 6.58 Å². The summed E-state index contributed by atoms with van der Waals surface area (Å²) in [5.74, 6) is -4.06. The van der Waals surface area contributed by atoms with E-state index in [1.165, 1.54) is 0 Å². The Labute approximate surface area is 152 Å². The smallest absolute Gasteiger partial charge is 0.309 e. The topological polar surface area (TPSA) is 112 Å². The van der Waals surface area contributed by atoms with E-state index < -0.39 is 40.2 Å². The zero-order valence-corrected chi connectivity index (χ0v) is 15.0. The Bertz CT molecular complexity index is 715. The van der Waals surface area contributed by atoms with E-state index in [1.54, 1.807) is 6.92 Å². The van der Waals surface area contributed by atoms with E-state index in [9.17, 15) is 29.7 Å². The summed E-state index contributed by atoms with van der Waals surface area (Å²) in [7, 11) is 0. The molecule has 6 nitrogen and oxygen atoms in total. The summed E-state index contributed by atoms with van der Waals surface area (Å²) < 4.78 is 0. The van der Waals surface area contributed by atoms with Crippen molar-refractivity contribution in [3.63, 3.8) is 0 Å². The Morgan fingerprint density at radius 2 is 1.92 bits per heavy atom. The molecule has 0 aliphatic heterocycles. The second-order valence-electron chi connectivity index (χ2n) is 9.35. The molecule has 4 saturated carbocycles. The number of carboxylic acid groups (broad SMARTS) is 2. The van der Waals surface area contributed by atoms with Crippen LogP contribution in [0.1, 0.15) is 45.4 Å². The van der Waals surface area contributed by atoms with Crippen LogP contribution in [-0.4, -0.2) is 39.1 Å². The molecule has 4 fully saturated rings. The molecule has 0 amide bonds. The van der Waals surface area contributed by atoms with Crippen molar-refractivity contribution in [1.29, 1.82) is 0 Å². The number of carboxylic acids is 2. The highest BCUT2D eigenvalue weighted by atomic mass is 16.4. The Balaban J connectivity index is 1.92. The molecule has 3 N–H and O–H groups in total. The lowest BCUT2D eigenvalue weighted by Gasteiger charge is -2.45. The zero-order valence-electron chi connectivity index (χ0n) is 15.0. The van der Waals surface area contributed by atoms with Gasteiger partial charge in [0.25, 0.3) is 0 Å². The zero-order chi connectivity index (χ0) is 19.1. The quantitative estimate of drug-likeness (QED) is 0.524. The van der Waals surface area contributed by atoms with Crippen LogP contribution < -0.4 is 0 Å². The predicted molar refractivity (Wildman–Crippen MR) is 91.1 cm³/mol. The first kappa shape index (κ1) is 17.7. The summed E-state index contributed by atoms with van der Waals surface area (Å²) in [5, 5.41) is 31.1. The van der Waals surface area contributed by atoms with E-state index in [0.29, 0.717) is 44.1 Å². The maximum absolute atomic E-state index is 12.4. The van der Waals surface area contributed by atoms with E-state index in [4.69, 9.17) is 0 Å². The fraction of sp³-hybridized carbons (Fsp3) is 0.750. The van der Waals surface area contributed by atoms with Crippen LogP contribution in [0.25, 0.3) is 0 Å². The van der Waals surface area contributed by atoms with Gasteiger partial charge < -0.3 is 20.1 Å². The molecule has 8 unspecified atom stereocenters. The minimum Gasteiger partial charge on any atom is -0.481 e. The average molecular weight is 362 g/mol. The molecule has 142 valence electrons. The van der Waals surface area contributed by atoms with Crippen LogP contribution in [0.15, 0.2) is 12.2 Å². The van der Waals surface area contributed by atoms with Crippen molar-refractivity contribution in [2.24, 2.45) is 40.4 Å². The van der Waals surface area contributed by atoms with Crippen molar-refractivity contribution < 1.29 is 29.7 Å². The molecule has 8 atom stereocenters. The summed E-state index contributed by atoms with van der Waals surface area (Å²) in [6.07, 6.45) is 3.59. The van der Waals surface area contributed by atoms with Crippen LogP contribution in [0.2, 0.25) is 0 Å². The molecule has 26 heavy (non-hydrogen) atoms. The minimum atomic E-state index is -1.17.